The Morgan fingerprint density at radius 3 is 2.35 bits per heavy atom. The molecule has 26 heavy (non-hydrogen) atoms. The van der Waals surface area contributed by atoms with E-state index in [0.717, 1.165) is 44.7 Å². The smallest absolute Gasteiger partial charge is 0.405 e. The minimum Gasteiger partial charge on any atom is -0.433 e. The number of carbonyl (C=O) groups excluding carboxylic acids is 2. The highest BCUT2D eigenvalue weighted by Crippen LogP contribution is 2.33. The van der Waals surface area contributed by atoms with Gasteiger partial charge >= 0.3 is 6.09 Å². The Balaban J connectivity index is 1.57. The Labute approximate surface area is 156 Å². The van der Waals surface area contributed by atoms with Crippen LogP contribution in [0, 0.1) is 5.92 Å². The van der Waals surface area contributed by atoms with Crippen LogP contribution in [0.5, 0.6) is 0 Å². The first-order chi connectivity index (χ1) is 12.4. The first kappa shape index (κ1) is 19.4. The number of carbonyl (C=O) groups is 2. The zero-order valence-corrected chi connectivity index (χ0v) is 15.8. The largest absolute Gasteiger partial charge is 0.433 e. The van der Waals surface area contributed by atoms with Gasteiger partial charge in [-0.1, -0.05) is 25.7 Å². The Morgan fingerprint density at radius 2 is 1.69 bits per heavy atom. The molecule has 0 aromatic heterocycles. The van der Waals surface area contributed by atoms with Gasteiger partial charge in [0.15, 0.2) is 5.60 Å². The predicted octanol–water partition coefficient (Wildman–Crippen LogP) is 1.84. The second-order valence-electron chi connectivity index (χ2n) is 8.58. The molecule has 1 atom stereocenters. The van der Waals surface area contributed by atoms with E-state index in [9.17, 15) is 9.59 Å². The van der Waals surface area contributed by atoms with E-state index in [4.69, 9.17) is 16.2 Å². The number of nitrogens with zero attached hydrogens (tertiary/aromatic N) is 1. The lowest BCUT2D eigenvalue weighted by atomic mass is 9.83. The third-order valence-corrected chi connectivity index (χ3v) is 6.35. The maximum absolute atomic E-state index is 13.0. The van der Waals surface area contributed by atoms with E-state index in [-0.39, 0.29) is 5.91 Å². The molecule has 2 saturated carbocycles. The van der Waals surface area contributed by atoms with Gasteiger partial charge < -0.3 is 21.5 Å². The average molecular weight is 367 g/mol. The lowest BCUT2D eigenvalue weighted by molar-refractivity contribution is -0.145. The summed E-state index contributed by atoms with van der Waals surface area (Å²) in [6, 6.07) is 0. The molecule has 1 aliphatic heterocycles. The zero-order chi connectivity index (χ0) is 18.6. The SMILES string of the molecule is NC(=O)OC1(C(=O)NC2(N)CCN(CC3CCCCC3)C2)CCCCC1. The van der Waals surface area contributed by atoms with Crippen LogP contribution in [0.15, 0.2) is 0 Å². The van der Waals surface area contributed by atoms with E-state index in [0.29, 0.717) is 19.4 Å². The summed E-state index contributed by atoms with van der Waals surface area (Å²) in [5.41, 5.74) is 9.84. The molecule has 2 aliphatic carbocycles. The summed E-state index contributed by atoms with van der Waals surface area (Å²) in [5, 5.41) is 3.00. The number of ether oxygens (including phenoxy) is 1. The first-order valence-electron chi connectivity index (χ1n) is 10.2. The molecule has 0 radical (unpaired) electrons. The molecular formula is C19H34N4O3. The van der Waals surface area contributed by atoms with Crippen LogP contribution in [-0.2, 0) is 9.53 Å². The van der Waals surface area contributed by atoms with Gasteiger partial charge in [0, 0.05) is 19.6 Å². The van der Waals surface area contributed by atoms with E-state index in [2.05, 4.69) is 10.2 Å². The van der Waals surface area contributed by atoms with Crippen LogP contribution < -0.4 is 16.8 Å². The van der Waals surface area contributed by atoms with E-state index < -0.39 is 17.4 Å². The van der Waals surface area contributed by atoms with Gasteiger partial charge in [0.2, 0.25) is 0 Å². The van der Waals surface area contributed by atoms with E-state index >= 15 is 0 Å². The molecule has 0 bridgehead atoms. The fourth-order valence-corrected chi connectivity index (χ4v) is 4.94. The van der Waals surface area contributed by atoms with Crippen LogP contribution >= 0.6 is 0 Å². The van der Waals surface area contributed by atoms with Gasteiger partial charge in [-0.05, 0) is 50.9 Å². The lowest BCUT2D eigenvalue weighted by Crippen LogP contribution is -2.63. The van der Waals surface area contributed by atoms with Crippen LogP contribution in [0.4, 0.5) is 4.79 Å². The molecule has 148 valence electrons. The van der Waals surface area contributed by atoms with E-state index in [1.807, 2.05) is 0 Å². The van der Waals surface area contributed by atoms with Crippen molar-refractivity contribution in [3.8, 4) is 0 Å². The van der Waals surface area contributed by atoms with Gasteiger partial charge in [0.05, 0.1) is 0 Å². The molecule has 0 aromatic rings. The van der Waals surface area contributed by atoms with Gasteiger partial charge in [0.1, 0.15) is 5.66 Å². The van der Waals surface area contributed by atoms with Crippen molar-refractivity contribution in [2.45, 2.75) is 81.9 Å². The summed E-state index contributed by atoms with van der Waals surface area (Å²) in [6.07, 6.45) is 10.2. The highest BCUT2D eigenvalue weighted by molar-refractivity contribution is 5.88. The molecule has 3 rings (SSSR count). The zero-order valence-electron chi connectivity index (χ0n) is 15.8. The quantitative estimate of drug-likeness (QED) is 0.643. The van der Waals surface area contributed by atoms with Crippen molar-refractivity contribution in [3.63, 3.8) is 0 Å². The molecule has 1 unspecified atom stereocenters. The number of primary amides is 1. The number of hydrogen-bond donors (Lipinski definition) is 3. The highest BCUT2D eigenvalue weighted by Gasteiger charge is 2.47. The number of amides is 2. The topological polar surface area (TPSA) is 111 Å². The summed E-state index contributed by atoms with van der Waals surface area (Å²) in [4.78, 5) is 26.7. The van der Waals surface area contributed by atoms with Crippen molar-refractivity contribution < 1.29 is 14.3 Å². The summed E-state index contributed by atoms with van der Waals surface area (Å²) < 4.78 is 5.30. The first-order valence-corrected chi connectivity index (χ1v) is 10.2. The highest BCUT2D eigenvalue weighted by atomic mass is 16.6. The number of hydrogen-bond acceptors (Lipinski definition) is 5. The molecule has 7 nitrogen and oxygen atoms in total. The molecule has 5 N–H and O–H groups in total. The number of nitrogens with two attached hydrogens (primary N) is 2. The fraction of sp³-hybridized carbons (Fsp3) is 0.895. The third kappa shape index (κ3) is 4.68. The van der Waals surface area contributed by atoms with E-state index in [1.165, 1.54) is 32.1 Å². The van der Waals surface area contributed by atoms with Crippen LogP contribution in [0.3, 0.4) is 0 Å². The minimum atomic E-state index is -1.15. The number of nitrogens with one attached hydrogen (secondary N) is 1. The van der Waals surface area contributed by atoms with Crippen LogP contribution in [0.25, 0.3) is 0 Å². The summed E-state index contributed by atoms with van der Waals surface area (Å²) in [5.74, 6) is 0.475. The third-order valence-electron chi connectivity index (χ3n) is 6.35. The average Bonchev–Trinajstić information content (AvgIpc) is 2.96. The summed E-state index contributed by atoms with van der Waals surface area (Å²) in [6.45, 7) is 2.62. The number of rotatable bonds is 5. The van der Waals surface area contributed by atoms with Gasteiger partial charge in [-0.2, -0.15) is 0 Å². The maximum Gasteiger partial charge on any atom is 0.405 e. The molecule has 7 heteroatoms. The Kier molecular flexibility index (Phi) is 6.07. The molecule has 3 fully saturated rings. The summed E-state index contributed by atoms with van der Waals surface area (Å²) in [7, 11) is 0. The van der Waals surface area contributed by atoms with E-state index in [1.54, 1.807) is 0 Å². The van der Waals surface area contributed by atoms with Crippen molar-refractivity contribution in [2.75, 3.05) is 19.6 Å². The van der Waals surface area contributed by atoms with Crippen molar-refractivity contribution in [1.82, 2.24) is 10.2 Å². The monoisotopic (exact) mass is 366 g/mol. The van der Waals surface area contributed by atoms with Crippen LogP contribution in [0.1, 0.15) is 70.6 Å². The van der Waals surface area contributed by atoms with Crippen molar-refractivity contribution in [3.05, 3.63) is 0 Å². The molecule has 2 amide bonds. The van der Waals surface area contributed by atoms with Crippen LogP contribution in [0.2, 0.25) is 0 Å². The van der Waals surface area contributed by atoms with Gasteiger partial charge in [-0.15, -0.1) is 0 Å². The molecule has 0 aromatic carbocycles. The second kappa shape index (κ2) is 8.13. The molecule has 1 saturated heterocycles. The predicted molar refractivity (Wildman–Crippen MR) is 99.2 cm³/mol. The van der Waals surface area contributed by atoms with Crippen LogP contribution in [-0.4, -0.2) is 47.8 Å². The summed E-state index contributed by atoms with van der Waals surface area (Å²) >= 11 is 0. The molecule has 0 spiro atoms. The Bertz CT molecular complexity index is 515. The van der Waals surface area contributed by atoms with Crippen molar-refractivity contribution in [1.29, 1.82) is 0 Å². The Hall–Kier alpha value is -1.34. The van der Waals surface area contributed by atoms with Crippen molar-refractivity contribution >= 4 is 12.0 Å². The fourth-order valence-electron chi connectivity index (χ4n) is 4.94. The minimum absolute atomic E-state index is 0.280. The maximum atomic E-state index is 13.0. The van der Waals surface area contributed by atoms with Gasteiger partial charge in [-0.25, -0.2) is 4.79 Å². The normalized spacial score (nSPS) is 30.0. The molecule has 1 heterocycles. The van der Waals surface area contributed by atoms with Gasteiger partial charge in [0.25, 0.3) is 5.91 Å². The molecule has 3 aliphatic rings. The standard InChI is InChI=1S/C19H34N4O3/c20-17(25)26-18(9-5-2-6-10-18)16(24)22-19(21)11-12-23(14-19)13-15-7-3-1-4-8-15/h15H,1-14,21H2,(H2,20,25)(H,22,24). The molecular weight excluding hydrogens is 332 g/mol. The Morgan fingerprint density at radius 1 is 1.04 bits per heavy atom. The van der Waals surface area contributed by atoms with Gasteiger partial charge in [-0.3, -0.25) is 9.69 Å². The number of likely N-dealkylation sites (tertiary alicyclic amines) is 1. The lowest BCUT2D eigenvalue weighted by Gasteiger charge is -2.37. The second-order valence-corrected chi connectivity index (χ2v) is 8.58. The van der Waals surface area contributed by atoms with Crippen molar-refractivity contribution in [2.24, 2.45) is 17.4 Å².